The van der Waals surface area contributed by atoms with Gasteiger partial charge >= 0.3 is 0 Å². The Balaban J connectivity index is 0.00000192. The molecule has 1 aromatic carbocycles. The van der Waals surface area contributed by atoms with E-state index in [1.807, 2.05) is 6.07 Å². The molecule has 1 aliphatic rings. The number of pyridine rings is 1. The molecule has 23 heavy (non-hydrogen) atoms. The van der Waals surface area contributed by atoms with Crippen molar-refractivity contribution < 1.29 is 8.42 Å². The minimum atomic E-state index is -3.58. The molecule has 0 amide bonds. The molecule has 0 radical (unpaired) electrons. The third-order valence-corrected chi connectivity index (χ3v) is 5.96. The van der Waals surface area contributed by atoms with Gasteiger partial charge in [-0.2, -0.15) is 0 Å². The second-order valence-electron chi connectivity index (χ2n) is 5.83. The lowest BCUT2D eigenvalue weighted by Gasteiger charge is -2.31. The summed E-state index contributed by atoms with van der Waals surface area (Å²) in [6, 6.07) is 8.65. The lowest BCUT2D eigenvalue weighted by atomic mass is 9.85. The standard InChI is InChI=1S/C16H21N3O2S.ClH/c17-11-12-5-1-2-7-14(12)19-22(20,21)16-9-3-8-15-13(16)6-4-10-18-15;/h3-4,6,8-10,12,14,19H,1-2,5,7,11,17H2;1H. The number of rotatable bonds is 4. The summed E-state index contributed by atoms with van der Waals surface area (Å²) < 4.78 is 28.5. The number of nitrogens with one attached hydrogen (secondary N) is 1. The molecule has 0 aliphatic heterocycles. The van der Waals surface area contributed by atoms with Crippen molar-refractivity contribution in [3.8, 4) is 0 Å². The minimum absolute atomic E-state index is 0. The summed E-state index contributed by atoms with van der Waals surface area (Å²) in [5.74, 6) is 0.219. The van der Waals surface area contributed by atoms with Crippen molar-refractivity contribution in [2.45, 2.75) is 36.6 Å². The SMILES string of the molecule is Cl.NCC1CCCCC1NS(=O)(=O)c1cccc2ncccc12. The summed E-state index contributed by atoms with van der Waals surface area (Å²) in [6.45, 7) is 0.518. The molecule has 1 aromatic heterocycles. The molecule has 1 saturated carbocycles. The molecular formula is C16H22ClN3O2S. The molecule has 2 atom stereocenters. The third-order valence-electron chi connectivity index (χ3n) is 4.41. The molecule has 126 valence electrons. The topological polar surface area (TPSA) is 85.1 Å². The van der Waals surface area contributed by atoms with Gasteiger partial charge in [0.1, 0.15) is 0 Å². The predicted octanol–water partition coefficient (Wildman–Crippen LogP) is 2.45. The second kappa shape index (κ2) is 7.57. The fourth-order valence-electron chi connectivity index (χ4n) is 3.22. The molecule has 1 heterocycles. The average molecular weight is 356 g/mol. The highest BCUT2D eigenvalue weighted by molar-refractivity contribution is 7.89. The maximum Gasteiger partial charge on any atom is 0.241 e. The monoisotopic (exact) mass is 355 g/mol. The molecule has 2 aromatic rings. The Hall–Kier alpha value is -1.21. The Morgan fingerprint density at radius 3 is 2.74 bits per heavy atom. The zero-order valence-corrected chi connectivity index (χ0v) is 14.4. The van der Waals surface area contributed by atoms with Gasteiger partial charge in [-0.05, 0) is 49.6 Å². The van der Waals surface area contributed by atoms with Crippen molar-refractivity contribution in [2.24, 2.45) is 11.7 Å². The number of hydrogen-bond donors (Lipinski definition) is 2. The summed E-state index contributed by atoms with van der Waals surface area (Å²) >= 11 is 0. The first-order valence-electron chi connectivity index (χ1n) is 7.68. The molecule has 0 saturated heterocycles. The van der Waals surface area contributed by atoms with Crippen molar-refractivity contribution in [2.75, 3.05) is 6.54 Å². The largest absolute Gasteiger partial charge is 0.330 e. The van der Waals surface area contributed by atoms with E-state index in [0.29, 0.717) is 22.3 Å². The molecule has 2 unspecified atom stereocenters. The van der Waals surface area contributed by atoms with Crippen LogP contribution < -0.4 is 10.5 Å². The van der Waals surface area contributed by atoms with Crippen LogP contribution >= 0.6 is 12.4 Å². The maximum absolute atomic E-state index is 12.8. The molecule has 3 rings (SSSR count). The molecule has 1 aliphatic carbocycles. The van der Waals surface area contributed by atoms with Crippen LogP contribution in [0, 0.1) is 5.92 Å². The van der Waals surface area contributed by atoms with E-state index in [1.165, 1.54) is 0 Å². The van der Waals surface area contributed by atoms with Crippen molar-refractivity contribution in [1.29, 1.82) is 0 Å². The Bertz CT molecular complexity index is 762. The van der Waals surface area contributed by atoms with Crippen LogP contribution in [0.1, 0.15) is 25.7 Å². The van der Waals surface area contributed by atoms with Crippen molar-refractivity contribution in [3.63, 3.8) is 0 Å². The van der Waals surface area contributed by atoms with Crippen LogP contribution in [0.5, 0.6) is 0 Å². The van der Waals surface area contributed by atoms with E-state index < -0.39 is 10.0 Å². The van der Waals surface area contributed by atoms with E-state index in [2.05, 4.69) is 9.71 Å². The van der Waals surface area contributed by atoms with Gasteiger partial charge in [-0.3, -0.25) is 4.98 Å². The molecular weight excluding hydrogens is 334 g/mol. The van der Waals surface area contributed by atoms with Crippen LogP contribution in [0.3, 0.4) is 0 Å². The zero-order chi connectivity index (χ0) is 15.6. The van der Waals surface area contributed by atoms with E-state index >= 15 is 0 Å². The molecule has 0 bridgehead atoms. The van der Waals surface area contributed by atoms with Crippen LogP contribution in [0.4, 0.5) is 0 Å². The second-order valence-corrected chi connectivity index (χ2v) is 7.52. The van der Waals surface area contributed by atoms with E-state index in [-0.39, 0.29) is 24.4 Å². The zero-order valence-electron chi connectivity index (χ0n) is 12.8. The van der Waals surface area contributed by atoms with Crippen LogP contribution in [0.2, 0.25) is 0 Å². The first-order chi connectivity index (χ1) is 10.6. The van der Waals surface area contributed by atoms with Crippen molar-refractivity contribution in [1.82, 2.24) is 9.71 Å². The van der Waals surface area contributed by atoms with Gasteiger partial charge < -0.3 is 5.73 Å². The smallest absolute Gasteiger partial charge is 0.241 e. The number of fused-ring (bicyclic) bond motifs is 1. The highest BCUT2D eigenvalue weighted by Crippen LogP contribution is 2.27. The summed E-state index contributed by atoms with van der Waals surface area (Å²) in [7, 11) is -3.58. The van der Waals surface area contributed by atoms with Crippen LogP contribution in [0.25, 0.3) is 10.9 Å². The van der Waals surface area contributed by atoms with Gasteiger partial charge in [0.2, 0.25) is 10.0 Å². The number of nitrogens with two attached hydrogens (primary N) is 1. The van der Waals surface area contributed by atoms with Gasteiger partial charge in [0, 0.05) is 17.6 Å². The summed E-state index contributed by atoms with van der Waals surface area (Å²) in [5.41, 5.74) is 6.48. The summed E-state index contributed by atoms with van der Waals surface area (Å²) in [6.07, 6.45) is 5.67. The number of sulfonamides is 1. The quantitative estimate of drug-likeness (QED) is 0.882. The van der Waals surface area contributed by atoms with Gasteiger partial charge in [0.15, 0.2) is 0 Å². The fraction of sp³-hybridized carbons (Fsp3) is 0.438. The van der Waals surface area contributed by atoms with Crippen LogP contribution in [-0.4, -0.2) is 26.0 Å². The van der Waals surface area contributed by atoms with E-state index in [9.17, 15) is 8.42 Å². The Labute approximate surface area is 143 Å². The lowest BCUT2D eigenvalue weighted by molar-refractivity contribution is 0.296. The van der Waals surface area contributed by atoms with Crippen LogP contribution in [-0.2, 0) is 10.0 Å². The first kappa shape index (κ1) is 18.1. The maximum atomic E-state index is 12.8. The Morgan fingerprint density at radius 2 is 1.96 bits per heavy atom. The van der Waals surface area contributed by atoms with E-state index in [4.69, 9.17) is 5.73 Å². The molecule has 5 nitrogen and oxygen atoms in total. The lowest BCUT2D eigenvalue weighted by Crippen LogP contribution is -2.44. The molecule has 7 heteroatoms. The number of nitrogens with zero attached hydrogens (tertiary/aromatic N) is 1. The number of aromatic nitrogens is 1. The van der Waals surface area contributed by atoms with Gasteiger partial charge in [-0.1, -0.05) is 18.9 Å². The van der Waals surface area contributed by atoms with Gasteiger partial charge in [-0.15, -0.1) is 12.4 Å². The molecule has 0 spiro atoms. The Morgan fingerprint density at radius 1 is 1.17 bits per heavy atom. The summed E-state index contributed by atoms with van der Waals surface area (Å²) in [5, 5.41) is 0.651. The van der Waals surface area contributed by atoms with Crippen molar-refractivity contribution >= 4 is 33.3 Å². The van der Waals surface area contributed by atoms with Gasteiger partial charge in [0.25, 0.3) is 0 Å². The normalized spacial score (nSPS) is 21.8. The first-order valence-corrected chi connectivity index (χ1v) is 9.16. The number of benzene rings is 1. The average Bonchev–Trinajstić information content (AvgIpc) is 2.54. The van der Waals surface area contributed by atoms with E-state index in [0.717, 1.165) is 25.7 Å². The van der Waals surface area contributed by atoms with Gasteiger partial charge in [0.05, 0.1) is 10.4 Å². The fourth-order valence-corrected chi connectivity index (χ4v) is 4.77. The van der Waals surface area contributed by atoms with Crippen LogP contribution in [0.15, 0.2) is 41.4 Å². The number of halogens is 1. The Kier molecular flexibility index (Phi) is 5.97. The number of hydrogen-bond acceptors (Lipinski definition) is 4. The van der Waals surface area contributed by atoms with Gasteiger partial charge in [-0.25, -0.2) is 13.1 Å². The highest BCUT2D eigenvalue weighted by atomic mass is 35.5. The predicted molar refractivity (Wildman–Crippen MR) is 94.1 cm³/mol. The molecule has 1 fully saturated rings. The summed E-state index contributed by atoms with van der Waals surface area (Å²) in [4.78, 5) is 4.51. The third kappa shape index (κ3) is 3.83. The molecule has 3 N–H and O–H groups in total. The van der Waals surface area contributed by atoms with E-state index in [1.54, 1.807) is 30.5 Å². The minimum Gasteiger partial charge on any atom is -0.330 e. The van der Waals surface area contributed by atoms with Crippen molar-refractivity contribution in [3.05, 3.63) is 36.5 Å². The highest BCUT2D eigenvalue weighted by Gasteiger charge is 2.29.